The predicted octanol–water partition coefficient (Wildman–Crippen LogP) is 3.28. The minimum atomic E-state index is 0.655. The second-order valence-corrected chi connectivity index (χ2v) is 7.12. The third kappa shape index (κ3) is 3.96. The summed E-state index contributed by atoms with van der Waals surface area (Å²) in [6.07, 6.45) is 1.89. The van der Waals surface area contributed by atoms with E-state index in [-0.39, 0.29) is 0 Å². The summed E-state index contributed by atoms with van der Waals surface area (Å²) in [5.74, 6) is 3.11. The van der Waals surface area contributed by atoms with Crippen LogP contribution in [0.3, 0.4) is 0 Å². The van der Waals surface area contributed by atoms with Crippen molar-refractivity contribution < 1.29 is 4.52 Å². The zero-order valence-electron chi connectivity index (χ0n) is 10.3. The molecule has 0 aromatic carbocycles. The van der Waals surface area contributed by atoms with Crippen LogP contribution in [0.1, 0.15) is 32.0 Å². The molecule has 0 saturated heterocycles. The number of hydrogen-bond acceptors (Lipinski definition) is 8. The van der Waals surface area contributed by atoms with Crippen LogP contribution in [-0.2, 0) is 12.2 Å². The summed E-state index contributed by atoms with van der Waals surface area (Å²) in [6.45, 7) is 4.20. The van der Waals surface area contributed by atoms with Crippen LogP contribution >= 0.6 is 34.9 Å². The normalized spacial score (nSPS) is 11.0. The summed E-state index contributed by atoms with van der Waals surface area (Å²) < 4.78 is 7.12. The second-order valence-electron chi connectivity index (χ2n) is 3.41. The Morgan fingerprint density at radius 2 is 1.94 bits per heavy atom. The van der Waals surface area contributed by atoms with Gasteiger partial charge in [-0.3, -0.25) is 0 Å². The molecule has 2 rings (SSSR count). The lowest BCUT2D eigenvalue weighted by Gasteiger charge is -1.89. The Morgan fingerprint density at radius 1 is 1.17 bits per heavy atom. The number of thioether (sulfide) groups is 2. The zero-order valence-corrected chi connectivity index (χ0v) is 12.7. The molecule has 0 spiro atoms. The molecule has 0 aliphatic carbocycles. The molecule has 0 aliphatic heterocycles. The Labute approximate surface area is 118 Å². The Bertz CT molecular complexity index is 441. The van der Waals surface area contributed by atoms with Gasteiger partial charge in [-0.05, 0) is 12.2 Å². The van der Waals surface area contributed by atoms with E-state index in [9.17, 15) is 0 Å². The number of aromatic nitrogens is 4. The monoisotopic (exact) mass is 302 g/mol. The maximum Gasteiger partial charge on any atom is 0.237 e. The number of nitrogens with zero attached hydrogens (tertiary/aromatic N) is 4. The van der Waals surface area contributed by atoms with Gasteiger partial charge in [-0.2, -0.15) is 4.98 Å². The van der Waals surface area contributed by atoms with E-state index in [0.29, 0.717) is 11.6 Å². The van der Waals surface area contributed by atoms with E-state index in [4.69, 9.17) is 4.52 Å². The van der Waals surface area contributed by atoms with E-state index in [0.717, 1.165) is 33.1 Å². The molecule has 0 N–H and O–H groups in total. The Balaban J connectivity index is 1.85. The molecule has 2 aromatic heterocycles. The number of aryl methyl sites for hydroxylation is 1. The van der Waals surface area contributed by atoms with E-state index >= 15 is 0 Å². The molecule has 2 aromatic rings. The Morgan fingerprint density at radius 3 is 2.67 bits per heavy atom. The predicted molar refractivity (Wildman–Crippen MR) is 74.2 cm³/mol. The van der Waals surface area contributed by atoms with Gasteiger partial charge in [-0.1, -0.05) is 53.9 Å². The smallest absolute Gasteiger partial charge is 0.237 e. The fourth-order valence-electron chi connectivity index (χ4n) is 1.23. The fourth-order valence-corrected chi connectivity index (χ4v) is 3.99. The second kappa shape index (κ2) is 7.10. The van der Waals surface area contributed by atoms with Gasteiger partial charge in [0, 0.05) is 6.42 Å². The van der Waals surface area contributed by atoms with Gasteiger partial charge < -0.3 is 4.52 Å². The van der Waals surface area contributed by atoms with Crippen LogP contribution in [0.25, 0.3) is 0 Å². The van der Waals surface area contributed by atoms with Gasteiger partial charge in [-0.15, -0.1) is 10.2 Å². The average Bonchev–Trinajstić information content (AvgIpc) is 2.97. The SMILES string of the molecule is CCCc1noc(CSc2nnc(SCC)s2)n1. The Hall–Kier alpha value is -0.600. The van der Waals surface area contributed by atoms with Crippen molar-refractivity contribution in [3.63, 3.8) is 0 Å². The number of rotatable bonds is 7. The van der Waals surface area contributed by atoms with Gasteiger partial charge in [0.2, 0.25) is 5.89 Å². The molecule has 0 fully saturated rings. The first kappa shape index (κ1) is 13.8. The molecule has 2 heterocycles. The summed E-state index contributed by atoms with van der Waals surface area (Å²) in [5.41, 5.74) is 0. The van der Waals surface area contributed by atoms with Crippen molar-refractivity contribution in [1.29, 1.82) is 0 Å². The lowest BCUT2D eigenvalue weighted by atomic mass is 10.3. The molecule has 0 bridgehead atoms. The van der Waals surface area contributed by atoms with Crippen molar-refractivity contribution in [2.45, 2.75) is 41.1 Å². The molecule has 0 atom stereocenters. The summed E-state index contributed by atoms with van der Waals surface area (Å²) in [6, 6.07) is 0. The maximum absolute atomic E-state index is 5.16. The van der Waals surface area contributed by atoms with Crippen molar-refractivity contribution in [2.24, 2.45) is 0 Å². The standard InChI is InChI=1S/C10H14N4OS3/c1-3-5-7-11-8(15-14-7)6-17-10-13-12-9(18-10)16-4-2/h3-6H2,1-2H3. The quantitative estimate of drug-likeness (QED) is 0.727. The Kier molecular flexibility index (Phi) is 5.45. The molecule has 8 heteroatoms. The van der Waals surface area contributed by atoms with Gasteiger partial charge in [0.1, 0.15) is 0 Å². The highest BCUT2D eigenvalue weighted by atomic mass is 32.2. The molecule has 0 amide bonds. The van der Waals surface area contributed by atoms with Crippen LogP contribution in [0.15, 0.2) is 13.2 Å². The molecule has 18 heavy (non-hydrogen) atoms. The van der Waals surface area contributed by atoms with E-state index < -0.39 is 0 Å². The van der Waals surface area contributed by atoms with Crippen molar-refractivity contribution in [3.05, 3.63) is 11.7 Å². The van der Waals surface area contributed by atoms with Crippen LogP contribution in [-0.4, -0.2) is 26.1 Å². The van der Waals surface area contributed by atoms with Crippen LogP contribution in [0.5, 0.6) is 0 Å². The molecule has 0 unspecified atom stereocenters. The molecule has 98 valence electrons. The van der Waals surface area contributed by atoms with Crippen molar-refractivity contribution in [1.82, 2.24) is 20.3 Å². The molecule has 5 nitrogen and oxygen atoms in total. The third-order valence-corrected chi connectivity index (χ3v) is 5.02. The lowest BCUT2D eigenvalue weighted by Crippen LogP contribution is -1.86. The summed E-state index contributed by atoms with van der Waals surface area (Å²) in [5, 5.41) is 12.1. The third-order valence-electron chi connectivity index (χ3n) is 1.96. The minimum Gasteiger partial charge on any atom is -0.338 e. The lowest BCUT2D eigenvalue weighted by molar-refractivity contribution is 0.384. The highest BCUT2D eigenvalue weighted by molar-refractivity contribution is 8.02. The topological polar surface area (TPSA) is 64.7 Å². The van der Waals surface area contributed by atoms with Crippen molar-refractivity contribution in [3.8, 4) is 0 Å². The van der Waals surface area contributed by atoms with Gasteiger partial charge in [0.05, 0.1) is 5.75 Å². The van der Waals surface area contributed by atoms with E-state index in [1.807, 2.05) is 0 Å². The highest BCUT2D eigenvalue weighted by Crippen LogP contribution is 2.30. The average molecular weight is 302 g/mol. The maximum atomic E-state index is 5.16. The summed E-state index contributed by atoms with van der Waals surface area (Å²) in [4.78, 5) is 4.31. The van der Waals surface area contributed by atoms with E-state index in [1.54, 1.807) is 34.9 Å². The van der Waals surface area contributed by atoms with Gasteiger partial charge in [0.15, 0.2) is 14.5 Å². The van der Waals surface area contributed by atoms with Crippen LogP contribution in [0.4, 0.5) is 0 Å². The van der Waals surface area contributed by atoms with Crippen LogP contribution < -0.4 is 0 Å². The van der Waals surface area contributed by atoms with Gasteiger partial charge >= 0.3 is 0 Å². The zero-order chi connectivity index (χ0) is 12.8. The number of hydrogen-bond donors (Lipinski definition) is 0. The summed E-state index contributed by atoms with van der Waals surface area (Å²) >= 11 is 4.90. The first-order valence-electron chi connectivity index (χ1n) is 5.72. The largest absolute Gasteiger partial charge is 0.338 e. The fraction of sp³-hybridized carbons (Fsp3) is 0.600. The molecular weight excluding hydrogens is 288 g/mol. The molecular formula is C10H14N4OS3. The highest BCUT2D eigenvalue weighted by Gasteiger charge is 2.09. The van der Waals surface area contributed by atoms with E-state index in [1.165, 1.54) is 0 Å². The summed E-state index contributed by atoms with van der Waals surface area (Å²) in [7, 11) is 0. The van der Waals surface area contributed by atoms with Gasteiger partial charge in [-0.25, -0.2) is 0 Å². The van der Waals surface area contributed by atoms with Crippen molar-refractivity contribution >= 4 is 34.9 Å². The first-order valence-corrected chi connectivity index (χ1v) is 8.51. The van der Waals surface area contributed by atoms with E-state index in [2.05, 4.69) is 34.2 Å². The van der Waals surface area contributed by atoms with Crippen molar-refractivity contribution in [2.75, 3.05) is 5.75 Å². The molecule has 0 saturated carbocycles. The molecule has 0 aliphatic rings. The minimum absolute atomic E-state index is 0.655. The van der Waals surface area contributed by atoms with Gasteiger partial charge in [0.25, 0.3) is 0 Å². The molecule has 0 radical (unpaired) electrons. The van der Waals surface area contributed by atoms with Crippen LogP contribution in [0.2, 0.25) is 0 Å². The first-order chi connectivity index (χ1) is 8.81. The van der Waals surface area contributed by atoms with Crippen LogP contribution in [0, 0.1) is 0 Å².